The molecule has 1 aliphatic rings. The number of carbonyl (C=O) groups is 1. The van der Waals surface area contributed by atoms with Crippen molar-refractivity contribution in [3.63, 3.8) is 0 Å². The average molecular weight is 421 g/mol. The molecule has 0 saturated heterocycles. The summed E-state index contributed by atoms with van der Waals surface area (Å²) >= 11 is 0. The Balaban J connectivity index is 1.35. The molecule has 5 rings (SSSR count). The maximum Gasteiger partial charge on any atom is 0.226 e. The van der Waals surface area contributed by atoms with Crippen LogP contribution in [0.15, 0.2) is 109 Å². The lowest BCUT2D eigenvalue weighted by molar-refractivity contribution is -0.134. The van der Waals surface area contributed by atoms with Gasteiger partial charge in [0, 0.05) is 30.9 Å². The van der Waals surface area contributed by atoms with Crippen LogP contribution in [0.1, 0.15) is 34.7 Å². The highest BCUT2D eigenvalue weighted by atomic mass is 16.2. The SMILES string of the molecule is O=C([C@@H]1C[C@H]1c1ccccc1)N(Cc1ccccc1)Cc1cccn1Cc1ccccc1. The van der Waals surface area contributed by atoms with E-state index in [1.54, 1.807) is 0 Å². The molecule has 1 fully saturated rings. The van der Waals surface area contributed by atoms with Crippen molar-refractivity contribution in [2.45, 2.75) is 32.0 Å². The molecule has 1 saturated carbocycles. The van der Waals surface area contributed by atoms with Gasteiger partial charge in [-0.05, 0) is 41.2 Å². The Morgan fingerprint density at radius 1 is 0.750 bits per heavy atom. The molecule has 1 amide bonds. The molecule has 0 spiro atoms. The molecule has 4 aromatic rings. The van der Waals surface area contributed by atoms with E-state index in [0.717, 1.165) is 18.7 Å². The molecule has 1 aromatic heterocycles. The third-order valence-electron chi connectivity index (χ3n) is 6.34. The molecule has 0 N–H and O–H groups in total. The van der Waals surface area contributed by atoms with E-state index in [0.29, 0.717) is 19.0 Å². The van der Waals surface area contributed by atoms with Gasteiger partial charge in [0.05, 0.1) is 6.54 Å². The van der Waals surface area contributed by atoms with Crippen molar-refractivity contribution in [1.29, 1.82) is 0 Å². The normalized spacial score (nSPS) is 17.1. The van der Waals surface area contributed by atoms with Crippen molar-refractivity contribution in [2.75, 3.05) is 0 Å². The molecule has 0 unspecified atom stereocenters. The Bertz CT molecular complexity index is 1150. The van der Waals surface area contributed by atoms with Crippen LogP contribution < -0.4 is 0 Å². The van der Waals surface area contributed by atoms with Gasteiger partial charge in [-0.25, -0.2) is 0 Å². The maximum absolute atomic E-state index is 13.6. The van der Waals surface area contributed by atoms with Crippen LogP contribution in [0.3, 0.4) is 0 Å². The minimum absolute atomic E-state index is 0.0821. The van der Waals surface area contributed by atoms with Crippen molar-refractivity contribution >= 4 is 5.91 Å². The molecule has 2 atom stereocenters. The average Bonchev–Trinajstić information content (AvgIpc) is 3.54. The molecule has 3 aromatic carbocycles. The standard InChI is InChI=1S/C29H28N2O/c32-29(28-19-27(28)25-15-8-3-9-16-25)31(21-24-13-6-2-7-14-24)22-26-17-10-18-30(26)20-23-11-4-1-5-12-23/h1-18,27-28H,19-22H2/t27-,28+/m0/s1. The van der Waals surface area contributed by atoms with Crippen LogP contribution in [-0.2, 0) is 24.4 Å². The lowest BCUT2D eigenvalue weighted by atomic mass is 10.1. The van der Waals surface area contributed by atoms with E-state index in [-0.39, 0.29) is 11.8 Å². The number of hydrogen-bond donors (Lipinski definition) is 0. The number of nitrogens with zero attached hydrogens (tertiary/aromatic N) is 2. The predicted octanol–water partition coefficient (Wildman–Crippen LogP) is 5.87. The minimum Gasteiger partial charge on any atom is -0.345 e. The molecule has 3 nitrogen and oxygen atoms in total. The summed E-state index contributed by atoms with van der Waals surface area (Å²) in [5.41, 5.74) is 4.86. The first-order valence-electron chi connectivity index (χ1n) is 11.3. The number of aromatic nitrogens is 1. The van der Waals surface area contributed by atoms with E-state index in [1.165, 1.54) is 16.7 Å². The molecule has 0 aliphatic heterocycles. The maximum atomic E-state index is 13.6. The summed E-state index contributed by atoms with van der Waals surface area (Å²) in [6.07, 6.45) is 3.05. The molecule has 32 heavy (non-hydrogen) atoms. The molecule has 1 aliphatic carbocycles. The number of hydrogen-bond acceptors (Lipinski definition) is 1. The fourth-order valence-corrected chi connectivity index (χ4v) is 4.51. The number of amides is 1. The summed E-state index contributed by atoms with van der Waals surface area (Å²) in [5, 5.41) is 0. The highest BCUT2D eigenvalue weighted by Crippen LogP contribution is 2.48. The summed E-state index contributed by atoms with van der Waals surface area (Å²) in [4.78, 5) is 15.6. The minimum atomic E-state index is 0.0821. The summed E-state index contributed by atoms with van der Waals surface area (Å²) in [5.74, 6) is 0.687. The second kappa shape index (κ2) is 9.27. The van der Waals surface area contributed by atoms with E-state index < -0.39 is 0 Å². The van der Waals surface area contributed by atoms with Gasteiger partial charge in [0.25, 0.3) is 0 Å². The zero-order chi connectivity index (χ0) is 21.8. The molecular weight excluding hydrogens is 392 g/mol. The molecular formula is C29H28N2O. The Hall–Kier alpha value is -3.59. The highest BCUT2D eigenvalue weighted by molar-refractivity contribution is 5.83. The summed E-state index contributed by atoms with van der Waals surface area (Å²) in [6.45, 7) is 2.06. The van der Waals surface area contributed by atoms with Gasteiger partial charge in [0.1, 0.15) is 0 Å². The third kappa shape index (κ3) is 4.67. The van der Waals surface area contributed by atoms with Crippen LogP contribution in [0.5, 0.6) is 0 Å². The molecule has 3 heteroatoms. The van der Waals surface area contributed by atoms with Crippen molar-refractivity contribution in [1.82, 2.24) is 9.47 Å². The van der Waals surface area contributed by atoms with E-state index >= 15 is 0 Å². The van der Waals surface area contributed by atoms with Gasteiger partial charge in [-0.1, -0.05) is 91.0 Å². The van der Waals surface area contributed by atoms with Gasteiger partial charge in [0.2, 0.25) is 5.91 Å². The lowest BCUT2D eigenvalue weighted by Crippen LogP contribution is -2.32. The van der Waals surface area contributed by atoms with Crippen LogP contribution in [0.2, 0.25) is 0 Å². The van der Waals surface area contributed by atoms with E-state index in [4.69, 9.17) is 0 Å². The quantitative estimate of drug-likeness (QED) is 0.350. The lowest BCUT2D eigenvalue weighted by Gasteiger charge is -2.24. The van der Waals surface area contributed by atoms with Gasteiger partial charge in [-0.15, -0.1) is 0 Å². The number of benzene rings is 3. The first-order valence-corrected chi connectivity index (χ1v) is 11.3. The van der Waals surface area contributed by atoms with Gasteiger partial charge in [-0.2, -0.15) is 0 Å². The molecule has 160 valence electrons. The summed E-state index contributed by atoms with van der Waals surface area (Å²) in [6, 6.07) is 35.4. The smallest absolute Gasteiger partial charge is 0.226 e. The topological polar surface area (TPSA) is 25.2 Å². The molecule has 1 heterocycles. The Morgan fingerprint density at radius 3 is 2.06 bits per heavy atom. The highest BCUT2D eigenvalue weighted by Gasteiger charge is 2.45. The largest absolute Gasteiger partial charge is 0.345 e. The van der Waals surface area contributed by atoms with E-state index in [2.05, 4.69) is 83.6 Å². The van der Waals surface area contributed by atoms with Crippen molar-refractivity contribution in [3.8, 4) is 0 Å². The Labute approximate surface area is 189 Å². The van der Waals surface area contributed by atoms with Crippen LogP contribution >= 0.6 is 0 Å². The second-order valence-corrected chi connectivity index (χ2v) is 8.65. The van der Waals surface area contributed by atoms with Gasteiger partial charge >= 0.3 is 0 Å². The summed E-state index contributed by atoms with van der Waals surface area (Å²) < 4.78 is 2.25. The fraction of sp³-hybridized carbons (Fsp3) is 0.207. The monoisotopic (exact) mass is 420 g/mol. The van der Waals surface area contributed by atoms with Crippen LogP contribution in [0.25, 0.3) is 0 Å². The van der Waals surface area contributed by atoms with Crippen LogP contribution in [0.4, 0.5) is 0 Å². The number of carbonyl (C=O) groups excluding carboxylic acids is 1. The Kier molecular flexibility index (Phi) is 5.89. The summed E-state index contributed by atoms with van der Waals surface area (Å²) in [7, 11) is 0. The van der Waals surface area contributed by atoms with E-state index in [1.807, 2.05) is 35.2 Å². The molecule has 0 radical (unpaired) electrons. The zero-order valence-corrected chi connectivity index (χ0v) is 18.2. The van der Waals surface area contributed by atoms with Gasteiger partial charge in [-0.3, -0.25) is 4.79 Å². The van der Waals surface area contributed by atoms with Crippen molar-refractivity contribution < 1.29 is 4.79 Å². The molecule has 0 bridgehead atoms. The van der Waals surface area contributed by atoms with E-state index in [9.17, 15) is 4.79 Å². The first-order chi connectivity index (χ1) is 15.8. The first kappa shape index (κ1) is 20.3. The zero-order valence-electron chi connectivity index (χ0n) is 18.2. The second-order valence-electron chi connectivity index (χ2n) is 8.65. The van der Waals surface area contributed by atoms with Crippen molar-refractivity contribution in [3.05, 3.63) is 132 Å². The Morgan fingerprint density at radius 2 is 1.38 bits per heavy atom. The number of rotatable bonds is 8. The van der Waals surface area contributed by atoms with Crippen LogP contribution in [0, 0.1) is 5.92 Å². The van der Waals surface area contributed by atoms with Crippen molar-refractivity contribution in [2.24, 2.45) is 5.92 Å². The predicted molar refractivity (Wildman–Crippen MR) is 128 cm³/mol. The third-order valence-corrected chi connectivity index (χ3v) is 6.34. The van der Waals surface area contributed by atoms with Gasteiger partial charge < -0.3 is 9.47 Å². The van der Waals surface area contributed by atoms with Gasteiger partial charge in [0.15, 0.2) is 0 Å². The van der Waals surface area contributed by atoms with Crippen LogP contribution in [-0.4, -0.2) is 15.4 Å². The fourth-order valence-electron chi connectivity index (χ4n) is 4.51.